The first-order valence-corrected chi connectivity index (χ1v) is 7.71. The van der Waals surface area contributed by atoms with E-state index in [9.17, 15) is 8.42 Å². The van der Waals surface area contributed by atoms with Crippen molar-refractivity contribution in [2.45, 2.75) is 13.0 Å². The first kappa shape index (κ1) is 13.6. The second-order valence-electron chi connectivity index (χ2n) is 3.79. The largest absolute Gasteiger partial charge is 0.301 e. The highest BCUT2D eigenvalue weighted by atomic mass is 32.2. The van der Waals surface area contributed by atoms with Crippen molar-refractivity contribution in [2.24, 2.45) is 0 Å². The highest BCUT2D eigenvalue weighted by Crippen LogP contribution is 2.20. The predicted molar refractivity (Wildman–Crippen MR) is 68.2 cm³/mol. The van der Waals surface area contributed by atoms with Crippen molar-refractivity contribution in [1.29, 1.82) is 0 Å². The zero-order chi connectivity index (χ0) is 12.2. The Morgan fingerprint density at radius 1 is 1.50 bits per heavy atom. The molecule has 0 spiro atoms. The van der Waals surface area contributed by atoms with Gasteiger partial charge in [-0.25, -0.2) is 13.1 Å². The maximum Gasteiger partial charge on any atom is 0.211 e. The molecule has 1 heterocycles. The summed E-state index contributed by atoms with van der Waals surface area (Å²) in [6.07, 6.45) is 0. The zero-order valence-electron chi connectivity index (χ0n) is 9.80. The molecule has 0 aromatic carbocycles. The molecule has 0 saturated carbocycles. The molecule has 0 radical (unpaired) electrons. The van der Waals surface area contributed by atoms with E-state index in [4.69, 9.17) is 0 Å². The van der Waals surface area contributed by atoms with Crippen LogP contribution in [0, 0.1) is 0 Å². The highest BCUT2D eigenvalue weighted by Gasteiger charge is 2.17. The minimum atomic E-state index is -3.11. The van der Waals surface area contributed by atoms with E-state index in [1.165, 1.54) is 0 Å². The monoisotopic (exact) mass is 262 g/mol. The van der Waals surface area contributed by atoms with E-state index in [1.54, 1.807) is 18.3 Å². The number of hydrogen-bond acceptors (Lipinski definition) is 4. The lowest BCUT2D eigenvalue weighted by molar-refractivity contribution is 0.300. The van der Waals surface area contributed by atoms with Gasteiger partial charge in [-0.1, -0.05) is 0 Å². The molecule has 16 heavy (non-hydrogen) atoms. The van der Waals surface area contributed by atoms with Crippen LogP contribution in [0.2, 0.25) is 0 Å². The van der Waals surface area contributed by atoms with Crippen molar-refractivity contribution in [3.8, 4) is 0 Å². The Hall–Kier alpha value is -0.430. The van der Waals surface area contributed by atoms with Crippen LogP contribution < -0.4 is 4.72 Å². The second-order valence-corrected chi connectivity index (χ2v) is 6.66. The summed E-state index contributed by atoms with van der Waals surface area (Å²) in [5.41, 5.74) is 1.15. The summed E-state index contributed by atoms with van der Waals surface area (Å²) in [5, 5.41) is 4.05. The average Bonchev–Trinajstić information content (AvgIpc) is 2.71. The van der Waals surface area contributed by atoms with Gasteiger partial charge in [0.2, 0.25) is 10.0 Å². The van der Waals surface area contributed by atoms with E-state index < -0.39 is 10.0 Å². The van der Waals surface area contributed by atoms with Gasteiger partial charge >= 0.3 is 0 Å². The van der Waals surface area contributed by atoms with Crippen molar-refractivity contribution in [3.05, 3.63) is 22.4 Å². The molecule has 6 heteroatoms. The van der Waals surface area contributed by atoms with Gasteiger partial charge in [0.05, 0.1) is 5.75 Å². The van der Waals surface area contributed by atoms with Crippen LogP contribution >= 0.6 is 11.3 Å². The van der Waals surface area contributed by atoms with Gasteiger partial charge < -0.3 is 4.90 Å². The Bertz CT molecular complexity index is 398. The van der Waals surface area contributed by atoms with Crippen LogP contribution in [0.1, 0.15) is 18.5 Å². The van der Waals surface area contributed by atoms with Gasteiger partial charge in [0.15, 0.2) is 0 Å². The lowest BCUT2D eigenvalue weighted by Crippen LogP contribution is -2.35. The maximum atomic E-state index is 11.4. The first-order chi connectivity index (χ1) is 7.46. The Balaban J connectivity index is 2.68. The third-order valence-electron chi connectivity index (χ3n) is 2.43. The van der Waals surface area contributed by atoms with Gasteiger partial charge in [-0.3, -0.25) is 0 Å². The minimum Gasteiger partial charge on any atom is -0.301 e. The molecule has 0 bridgehead atoms. The molecule has 0 aliphatic heterocycles. The van der Waals surface area contributed by atoms with Crippen molar-refractivity contribution >= 4 is 21.4 Å². The molecule has 4 nitrogen and oxygen atoms in total. The van der Waals surface area contributed by atoms with E-state index in [0.717, 1.165) is 5.56 Å². The molecule has 0 saturated heterocycles. The van der Waals surface area contributed by atoms with Crippen LogP contribution in [0.3, 0.4) is 0 Å². The van der Waals surface area contributed by atoms with Crippen LogP contribution in [-0.4, -0.2) is 39.7 Å². The van der Waals surface area contributed by atoms with Crippen molar-refractivity contribution in [1.82, 2.24) is 9.62 Å². The summed E-state index contributed by atoms with van der Waals surface area (Å²) < 4.78 is 25.4. The summed E-state index contributed by atoms with van der Waals surface area (Å²) in [6, 6.07) is 2.11. The average molecular weight is 262 g/mol. The number of likely N-dealkylation sites (N-methyl/N-ethyl adjacent to an activating group) is 1. The molecule has 0 aliphatic carbocycles. The molecular formula is C10H18N2O2S2. The number of sulfonamides is 1. The van der Waals surface area contributed by atoms with Crippen molar-refractivity contribution < 1.29 is 8.42 Å². The maximum absolute atomic E-state index is 11.4. The third kappa shape index (κ3) is 3.86. The zero-order valence-corrected chi connectivity index (χ0v) is 11.4. The highest BCUT2D eigenvalue weighted by molar-refractivity contribution is 7.89. The summed E-state index contributed by atoms with van der Waals surface area (Å²) in [5.74, 6) is 0.122. The number of nitrogens with one attached hydrogen (secondary N) is 1. The summed E-state index contributed by atoms with van der Waals surface area (Å²) >= 11 is 1.62. The molecule has 1 rings (SSSR count). The number of hydrogen-bond donors (Lipinski definition) is 1. The Morgan fingerprint density at radius 3 is 2.62 bits per heavy atom. The quantitative estimate of drug-likeness (QED) is 0.840. The minimum absolute atomic E-state index is 0.0903. The molecule has 1 atom stereocenters. The molecule has 92 valence electrons. The topological polar surface area (TPSA) is 49.4 Å². The molecule has 0 aliphatic rings. The first-order valence-electron chi connectivity index (χ1n) is 5.12. The van der Waals surface area contributed by atoms with E-state index in [-0.39, 0.29) is 11.8 Å². The van der Waals surface area contributed by atoms with Gasteiger partial charge in [0.1, 0.15) is 0 Å². The second kappa shape index (κ2) is 5.77. The van der Waals surface area contributed by atoms with Crippen molar-refractivity contribution in [2.75, 3.05) is 26.4 Å². The fourth-order valence-corrected chi connectivity index (χ4v) is 2.69. The molecule has 1 aromatic heterocycles. The SMILES string of the molecule is CCS(=O)(=O)NC[C@H](c1ccsc1)N(C)C. The van der Waals surface area contributed by atoms with Gasteiger partial charge in [-0.05, 0) is 43.4 Å². The molecule has 0 amide bonds. The van der Waals surface area contributed by atoms with Crippen molar-refractivity contribution in [3.63, 3.8) is 0 Å². The fourth-order valence-electron chi connectivity index (χ4n) is 1.37. The Labute approximate surface area is 101 Å². The summed E-state index contributed by atoms with van der Waals surface area (Å²) in [7, 11) is 0.782. The van der Waals surface area contributed by atoms with Gasteiger partial charge in [-0.2, -0.15) is 11.3 Å². The van der Waals surface area contributed by atoms with Crippen LogP contribution in [0.15, 0.2) is 16.8 Å². The van der Waals surface area contributed by atoms with Crippen LogP contribution in [-0.2, 0) is 10.0 Å². The van der Waals surface area contributed by atoms with Crippen LogP contribution in [0.5, 0.6) is 0 Å². The predicted octanol–water partition coefficient (Wildman–Crippen LogP) is 1.29. The summed E-state index contributed by atoms with van der Waals surface area (Å²) in [4.78, 5) is 2.01. The van der Waals surface area contributed by atoms with Crippen LogP contribution in [0.25, 0.3) is 0 Å². The number of thiophene rings is 1. The lowest BCUT2D eigenvalue weighted by atomic mass is 10.1. The van der Waals surface area contributed by atoms with Crippen LogP contribution in [0.4, 0.5) is 0 Å². The standard InChI is InChI=1S/C10H18N2O2S2/c1-4-16(13,14)11-7-10(12(2)3)9-5-6-15-8-9/h5-6,8,10-11H,4,7H2,1-3H3/t10-/m1/s1. The fraction of sp³-hybridized carbons (Fsp3) is 0.600. The Kier molecular flexibility index (Phi) is 4.91. The van der Waals surface area contributed by atoms with E-state index in [1.807, 2.05) is 35.8 Å². The van der Waals surface area contributed by atoms with Gasteiger partial charge in [0.25, 0.3) is 0 Å². The molecular weight excluding hydrogens is 244 g/mol. The molecule has 0 fully saturated rings. The normalized spacial score (nSPS) is 14.2. The number of rotatable bonds is 6. The Morgan fingerprint density at radius 2 is 2.19 bits per heavy atom. The van der Waals surface area contributed by atoms with E-state index in [2.05, 4.69) is 4.72 Å². The molecule has 1 aromatic rings. The van der Waals surface area contributed by atoms with Gasteiger partial charge in [0, 0.05) is 12.6 Å². The molecule has 0 unspecified atom stereocenters. The summed E-state index contributed by atoms with van der Waals surface area (Å²) in [6.45, 7) is 2.05. The molecule has 1 N–H and O–H groups in total. The lowest BCUT2D eigenvalue weighted by Gasteiger charge is -2.23. The van der Waals surface area contributed by atoms with E-state index >= 15 is 0 Å². The number of nitrogens with zero attached hydrogens (tertiary/aromatic N) is 1. The third-order valence-corrected chi connectivity index (χ3v) is 4.50. The smallest absolute Gasteiger partial charge is 0.211 e. The van der Waals surface area contributed by atoms with E-state index in [0.29, 0.717) is 6.54 Å². The van der Waals surface area contributed by atoms with Gasteiger partial charge in [-0.15, -0.1) is 0 Å².